The molecule has 6 rings (SSSR count). The molecule has 0 atom stereocenters. The molecular weight excluding hydrogens is 507 g/mol. The molecule has 0 aliphatic carbocycles. The first-order chi connectivity index (χ1) is 17.8. The second kappa shape index (κ2) is 9.25. The Morgan fingerprint density at radius 1 is 1.11 bits per heavy atom. The molecule has 0 saturated carbocycles. The van der Waals surface area contributed by atoms with E-state index in [4.69, 9.17) is 4.42 Å². The summed E-state index contributed by atoms with van der Waals surface area (Å²) < 4.78 is 56.9. The van der Waals surface area contributed by atoms with Crippen molar-refractivity contribution in [3.05, 3.63) is 65.8 Å². The number of urea groups is 1. The second-order valence-electron chi connectivity index (χ2n) is 9.94. The Hall–Kier alpha value is -3.25. The van der Waals surface area contributed by atoms with Gasteiger partial charge in [-0.1, -0.05) is 24.3 Å². The second-order valence-corrected chi connectivity index (χ2v) is 11.5. The van der Waals surface area contributed by atoms with Crippen molar-refractivity contribution >= 4 is 22.5 Å². The predicted octanol–water partition coefficient (Wildman–Crippen LogP) is 3.69. The van der Waals surface area contributed by atoms with Gasteiger partial charge in [-0.05, 0) is 24.3 Å². The molecule has 3 aliphatic heterocycles. The van der Waals surface area contributed by atoms with Crippen LogP contribution in [0.1, 0.15) is 17.9 Å². The van der Waals surface area contributed by atoms with E-state index in [2.05, 4.69) is 15.1 Å². The third kappa shape index (κ3) is 4.52. The summed E-state index contributed by atoms with van der Waals surface area (Å²) in [5.41, 5.74) is 1.16. The lowest BCUT2D eigenvalue weighted by Crippen LogP contribution is -2.76. The van der Waals surface area contributed by atoms with E-state index >= 15 is 4.39 Å². The highest BCUT2D eigenvalue weighted by molar-refractivity contribution is 7.86. The van der Waals surface area contributed by atoms with Crippen molar-refractivity contribution in [3.8, 4) is 11.5 Å². The van der Waals surface area contributed by atoms with Gasteiger partial charge in [-0.15, -0.1) is 10.2 Å². The fourth-order valence-corrected chi connectivity index (χ4v) is 6.41. The van der Waals surface area contributed by atoms with Gasteiger partial charge in [-0.25, -0.2) is 9.18 Å². The number of nitrogens with zero attached hydrogens (tertiary/aromatic N) is 5. The zero-order chi connectivity index (χ0) is 25.7. The molecule has 0 bridgehead atoms. The van der Waals surface area contributed by atoms with Crippen LogP contribution in [0.3, 0.4) is 0 Å². The van der Waals surface area contributed by atoms with Crippen LogP contribution in [0, 0.1) is 11.2 Å². The van der Waals surface area contributed by atoms with E-state index in [1.165, 1.54) is 17.0 Å². The maximum absolute atomic E-state index is 15.1. The number of benzene rings is 2. The highest BCUT2D eigenvalue weighted by atomic mass is 32.2. The minimum atomic E-state index is -2.91. The van der Waals surface area contributed by atoms with Gasteiger partial charge in [0.25, 0.3) is 5.89 Å². The first-order valence-electron chi connectivity index (χ1n) is 11.9. The molecule has 12 heteroatoms. The minimum Gasteiger partial charge on any atom is -0.415 e. The molecule has 2 amide bonds. The van der Waals surface area contributed by atoms with Crippen LogP contribution >= 0.6 is 0 Å². The maximum Gasteiger partial charge on any atom is 0.324 e. The molecule has 2 aromatic carbocycles. The summed E-state index contributed by atoms with van der Waals surface area (Å²) in [5.74, 6) is -0.166. The number of alkyl halides is 2. The van der Waals surface area contributed by atoms with E-state index in [0.717, 1.165) is 30.7 Å². The number of hydrogen-bond donors (Lipinski definition) is 0. The smallest absolute Gasteiger partial charge is 0.324 e. The van der Waals surface area contributed by atoms with Gasteiger partial charge in [-0.2, -0.15) is 8.78 Å². The van der Waals surface area contributed by atoms with Gasteiger partial charge < -0.3 is 9.32 Å². The van der Waals surface area contributed by atoms with Crippen LogP contribution in [-0.2, 0) is 17.3 Å². The average Bonchev–Trinajstić information content (AvgIpc) is 3.31. The lowest BCUT2D eigenvalue weighted by atomic mass is 9.72. The molecule has 0 radical (unpaired) electrons. The van der Waals surface area contributed by atoms with Crippen LogP contribution in [0.5, 0.6) is 0 Å². The summed E-state index contributed by atoms with van der Waals surface area (Å²) in [6, 6.07) is 13.4. The largest absolute Gasteiger partial charge is 0.415 e. The Morgan fingerprint density at radius 2 is 1.84 bits per heavy atom. The van der Waals surface area contributed by atoms with E-state index in [1.807, 2.05) is 18.2 Å². The summed E-state index contributed by atoms with van der Waals surface area (Å²) in [5, 5.41) is 6.84. The Balaban J connectivity index is 1.15. The quantitative estimate of drug-likeness (QED) is 0.483. The summed E-state index contributed by atoms with van der Waals surface area (Å²) in [4.78, 5) is 19.2. The lowest BCUT2D eigenvalue weighted by molar-refractivity contribution is -0.106. The summed E-state index contributed by atoms with van der Waals surface area (Å²) in [6.07, 6.45) is -2.91. The van der Waals surface area contributed by atoms with Crippen molar-refractivity contribution in [1.82, 2.24) is 20.0 Å². The molecule has 194 valence electrons. The molecule has 0 unspecified atom stereocenters. The summed E-state index contributed by atoms with van der Waals surface area (Å²) >= 11 is 0. The van der Waals surface area contributed by atoms with Crippen molar-refractivity contribution in [1.29, 1.82) is 0 Å². The van der Waals surface area contributed by atoms with Crippen LogP contribution in [-0.4, -0.2) is 74.0 Å². The number of carbonyl (C=O) groups is 1. The Labute approximate surface area is 213 Å². The van der Waals surface area contributed by atoms with Crippen LogP contribution in [0.4, 0.5) is 23.7 Å². The standard InChI is InChI=1S/C25H24F3N5O3S/c26-20-8-16(22-29-30-23(36-22)21(27)28)6-7-17(20)9-33(18-4-2-1-3-5-18)24(34)32-14-25(15-32)12-31(13-25)19-10-37(35)11-19/h1-8,19,21H,9-15H2. The minimum absolute atomic E-state index is 0.00933. The Bertz CT molecular complexity index is 1330. The number of hydrogen-bond acceptors (Lipinski definition) is 6. The third-order valence-corrected chi connectivity index (χ3v) is 8.74. The van der Waals surface area contributed by atoms with Gasteiger partial charge in [0.05, 0.1) is 6.54 Å². The van der Waals surface area contributed by atoms with E-state index in [-0.39, 0.29) is 35.0 Å². The van der Waals surface area contributed by atoms with Gasteiger partial charge in [0.1, 0.15) is 5.82 Å². The predicted molar refractivity (Wildman–Crippen MR) is 130 cm³/mol. The topological polar surface area (TPSA) is 82.8 Å². The van der Waals surface area contributed by atoms with E-state index in [0.29, 0.717) is 24.8 Å². The van der Waals surface area contributed by atoms with Crippen molar-refractivity contribution in [3.63, 3.8) is 0 Å². The van der Waals surface area contributed by atoms with Crippen molar-refractivity contribution in [2.75, 3.05) is 42.6 Å². The number of para-hydroxylation sites is 1. The number of halogens is 3. The van der Waals surface area contributed by atoms with E-state index in [9.17, 15) is 17.8 Å². The van der Waals surface area contributed by atoms with Gasteiger partial charge in [-0.3, -0.25) is 14.0 Å². The number of rotatable bonds is 6. The van der Waals surface area contributed by atoms with E-state index < -0.39 is 28.9 Å². The average molecular weight is 532 g/mol. The van der Waals surface area contributed by atoms with Crippen LogP contribution in [0.2, 0.25) is 0 Å². The van der Waals surface area contributed by atoms with Crippen LogP contribution in [0.15, 0.2) is 52.9 Å². The number of likely N-dealkylation sites (tertiary alicyclic amines) is 2. The number of anilines is 1. The van der Waals surface area contributed by atoms with E-state index in [1.54, 1.807) is 17.0 Å². The molecule has 0 N–H and O–H groups in total. The fourth-order valence-electron chi connectivity index (χ4n) is 5.23. The Kier molecular flexibility index (Phi) is 6.03. The molecule has 8 nitrogen and oxygen atoms in total. The first kappa shape index (κ1) is 24.1. The highest BCUT2D eigenvalue weighted by Gasteiger charge is 2.56. The Morgan fingerprint density at radius 3 is 2.46 bits per heavy atom. The SMILES string of the molecule is O=C(N1CC2(C1)CN(C1CS(=O)C1)C2)N(Cc1ccc(-c2nnc(C(F)F)o2)cc1F)c1ccccc1. The number of carbonyl (C=O) groups excluding carboxylic acids is 1. The zero-order valence-electron chi connectivity index (χ0n) is 19.7. The number of aromatic nitrogens is 2. The van der Waals surface area contributed by atoms with Gasteiger partial charge in [0, 0.05) is 76.8 Å². The monoisotopic (exact) mass is 531 g/mol. The van der Waals surface area contributed by atoms with Crippen LogP contribution in [0.25, 0.3) is 11.5 Å². The normalized spacial score (nSPS) is 22.4. The zero-order valence-corrected chi connectivity index (χ0v) is 20.5. The van der Waals surface area contributed by atoms with Gasteiger partial charge >= 0.3 is 12.5 Å². The molecule has 1 aromatic heterocycles. The number of amides is 2. The summed E-state index contributed by atoms with van der Waals surface area (Å²) in [6.45, 7) is 3.07. The van der Waals surface area contributed by atoms with Crippen molar-refractivity contribution in [2.45, 2.75) is 19.0 Å². The fraction of sp³-hybridized carbons (Fsp3) is 0.400. The lowest BCUT2D eigenvalue weighted by Gasteiger charge is -2.63. The molecule has 3 aromatic rings. The molecule has 1 spiro atoms. The van der Waals surface area contributed by atoms with Crippen LogP contribution < -0.4 is 4.90 Å². The molecule has 37 heavy (non-hydrogen) atoms. The van der Waals surface area contributed by atoms with Gasteiger partial charge in [0.15, 0.2) is 0 Å². The molecule has 4 heterocycles. The highest BCUT2D eigenvalue weighted by Crippen LogP contribution is 2.42. The van der Waals surface area contributed by atoms with Gasteiger partial charge in [0.2, 0.25) is 5.89 Å². The molecule has 3 fully saturated rings. The molecule has 3 saturated heterocycles. The van der Waals surface area contributed by atoms with Crippen molar-refractivity contribution in [2.24, 2.45) is 5.41 Å². The van der Waals surface area contributed by atoms with Crippen molar-refractivity contribution < 1.29 is 26.6 Å². The molecular formula is C25H24F3N5O3S. The molecule has 3 aliphatic rings. The maximum atomic E-state index is 15.1. The first-order valence-corrected chi connectivity index (χ1v) is 13.4. The third-order valence-electron chi connectivity index (χ3n) is 7.23. The summed E-state index contributed by atoms with van der Waals surface area (Å²) in [7, 11) is -0.681.